The number of nitrogens with zero attached hydrogens (tertiary/aromatic N) is 3. The quantitative estimate of drug-likeness (QED) is 0.891. The first-order valence-corrected chi connectivity index (χ1v) is 7.12. The van der Waals surface area contributed by atoms with Crippen LogP contribution in [-0.4, -0.2) is 40.5 Å². The van der Waals surface area contributed by atoms with Crippen molar-refractivity contribution in [2.24, 2.45) is 0 Å². The molecule has 100 valence electrons. The van der Waals surface area contributed by atoms with Crippen molar-refractivity contribution < 1.29 is 0 Å². The third-order valence-corrected chi connectivity index (χ3v) is 3.74. The summed E-state index contributed by atoms with van der Waals surface area (Å²) in [7, 11) is 0. The summed E-state index contributed by atoms with van der Waals surface area (Å²) in [4.78, 5) is 18.9. The first-order chi connectivity index (χ1) is 9.22. The van der Waals surface area contributed by atoms with E-state index in [0.717, 1.165) is 42.9 Å². The highest BCUT2D eigenvalue weighted by molar-refractivity contribution is 9.10. The zero-order chi connectivity index (χ0) is 13.2. The summed E-state index contributed by atoms with van der Waals surface area (Å²) in [5.74, 6) is 0. The highest BCUT2D eigenvalue weighted by Gasteiger charge is 2.11. The molecule has 3 heterocycles. The van der Waals surface area contributed by atoms with Gasteiger partial charge in [-0.15, -0.1) is 0 Å². The lowest BCUT2D eigenvalue weighted by Crippen LogP contribution is -2.43. The van der Waals surface area contributed by atoms with Gasteiger partial charge >= 0.3 is 0 Å². The second kappa shape index (κ2) is 5.40. The Bertz CT molecular complexity index is 649. The molecule has 2 aromatic heterocycles. The van der Waals surface area contributed by atoms with Crippen LogP contribution in [0.3, 0.4) is 0 Å². The molecule has 0 saturated carbocycles. The fourth-order valence-corrected chi connectivity index (χ4v) is 2.64. The van der Waals surface area contributed by atoms with Crippen molar-refractivity contribution in [1.29, 1.82) is 0 Å². The Balaban J connectivity index is 1.92. The van der Waals surface area contributed by atoms with Gasteiger partial charge in [0.2, 0.25) is 0 Å². The Kier molecular flexibility index (Phi) is 3.63. The molecular weight excluding hydrogens is 308 g/mol. The molecule has 1 aliphatic heterocycles. The van der Waals surface area contributed by atoms with E-state index in [1.807, 2.05) is 12.1 Å². The largest absolute Gasteiger partial charge is 0.314 e. The van der Waals surface area contributed by atoms with E-state index in [1.165, 1.54) is 0 Å². The van der Waals surface area contributed by atoms with Crippen molar-refractivity contribution in [3.05, 3.63) is 44.9 Å². The zero-order valence-corrected chi connectivity index (χ0v) is 12.1. The van der Waals surface area contributed by atoms with Crippen LogP contribution in [0.4, 0.5) is 0 Å². The molecule has 2 aromatic rings. The minimum atomic E-state index is -0.0311. The van der Waals surface area contributed by atoms with E-state index >= 15 is 0 Å². The molecule has 1 aliphatic rings. The SMILES string of the molecule is O=c1cc(CN2CCNCC2)nc2ccc(Br)cn12. The van der Waals surface area contributed by atoms with Gasteiger partial charge in [-0.1, -0.05) is 0 Å². The summed E-state index contributed by atoms with van der Waals surface area (Å²) < 4.78 is 2.43. The average molecular weight is 323 g/mol. The molecule has 0 atom stereocenters. The Morgan fingerprint density at radius 1 is 1.32 bits per heavy atom. The number of piperazine rings is 1. The second-order valence-electron chi connectivity index (χ2n) is 4.69. The van der Waals surface area contributed by atoms with Crippen molar-refractivity contribution in [3.8, 4) is 0 Å². The van der Waals surface area contributed by atoms with Crippen LogP contribution in [0.15, 0.2) is 33.7 Å². The summed E-state index contributed by atoms with van der Waals surface area (Å²) in [6, 6.07) is 5.38. The monoisotopic (exact) mass is 322 g/mol. The second-order valence-corrected chi connectivity index (χ2v) is 5.60. The molecule has 19 heavy (non-hydrogen) atoms. The maximum atomic E-state index is 12.1. The van der Waals surface area contributed by atoms with Crippen LogP contribution < -0.4 is 10.9 Å². The smallest absolute Gasteiger partial charge is 0.258 e. The molecule has 0 radical (unpaired) electrons. The molecule has 1 fully saturated rings. The predicted molar refractivity (Wildman–Crippen MR) is 77.3 cm³/mol. The molecule has 0 bridgehead atoms. The lowest BCUT2D eigenvalue weighted by Gasteiger charge is -2.26. The normalized spacial score (nSPS) is 16.9. The van der Waals surface area contributed by atoms with Crippen LogP contribution >= 0.6 is 15.9 Å². The van der Waals surface area contributed by atoms with Crippen molar-refractivity contribution in [1.82, 2.24) is 19.6 Å². The molecule has 0 unspecified atom stereocenters. The average Bonchev–Trinajstić information content (AvgIpc) is 2.41. The van der Waals surface area contributed by atoms with Gasteiger partial charge in [0, 0.05) is 49.5 Å². The first kappa shape index (κ1) is 12.8. The maximum Gasteiger partial charge on any atom is 0.258 e. The maximum absolute atomic E-state index is 12.1. The number of fused-ring (bicyclic) bond motifs is 1. The van der Waals surface area contributed by atoms with Gasteiger partial charge in [0.05, 0.1) is 5.69 Å². The van der Waals surface area contributed by atoms with E-state index < -0.39 is 0 Å². The van der Waals surface area contributed by atoms with E-state index in [-0.39, 0.29) is 5.56 Å². The van der Waals surface area contributed by atoms with Crippen molar-refractivity contribution in [3.63, 3.8) is 0 Å². The van der Waals surface area contributed by atoms with E-state index in [0.29, 0.717) is 5.65 Å². The molecule has 5 nitrogen and oxygen atoms in total. The summed E-state index contributed by atoms with van der Waals surface area (Å²) in [6.07, 6.45) is 1.75. The van der Waals surface area contributed by atoms with Gasteiger partial charge < -0.3 is 5.32 Å². The number of hydrogen-bond donors (Lipinski definition) is 1. The zero-order valence-electron chi connectivity index (χ0n) is 10.5. The molecule has 1 N–H and O–H groups in total. The van der Waals surface area contributed by atoms with E-state index in [1.54, 1.807) is 16.7 Å². The fraction of sp³-hybridized carbons (Fsp3) is 0.385. The van der Waals surface area contributed by atoms with Crippen LogP contribution in [0, 0.1) is 0 Å². The molecule has 0 spiro atoms. The molecule has 3 rings (SSSR count). The predicted octanol–water partition coefficient (Wildman–Crippen LogP) is 0.862. The Labute approximate surface area is 119 Å². The molecule has 6 heteroatoms. The number of aromatic nitrogens is 2. The molecule has 0 aromatic carbocycles. The van der Waals surface area contributed by atoms with Gasteiger partial charge in [0.25, 0.3) is 5.56 Å². The molecule has 1 saturated heterocycles. The van der Waals surface area contributed by atoms with Gasteiger partial charge in [0.15, 0.2) is 0 Å². The Morgan fingerprint density at radius 3 is 2.89 bits per heavy atom. The lowest BCUT2D eigenvalue weighted by molar-refractivity contribution is 0.231. The van der Waals surface area contributed by atoms with Gasteiger partial charge in [-0.2, -0.15) is 0 Å². The Morgan fingerprint density at radius 2 is 2.11 bits per heavy atom. The topological polar surface area (TPSA) is 49.6 Å². The first-order valence-electron chi connectivity index (χ1n) is 6.33. The van der Waals surface area contributed by atoms with Gasteiger partial charge in [-0.3, -0.25) is 14.1 Å². The van der Waals surface area contributed by atoms with Crippen LogP contribution in [0.2, 0.25) is 0 Å². The minimum Gasteiger partial charge on any atom is -0.314 e. The summed E-state index contributed by atoms with van der Waals surface area (Å²) >= 11 is 3.36. The minimum absolute atomic E-state index is 0.0311. The summed E-state index contributed by atoms with van der Waals surface area (Å²) in [5.41, 5.74) is 1.51. The van der Waals surface area contributed by atoms with Crippen LogP contribution in [0.1, 0.15) is 5.69 Å². The van der Waals surface area contributed by atoms with Crippen LogP contribution in [-0.2, 0) is 6.54 Å². The number of pyridine rings is 1. The van der Waals surface area contributed by atoms with E-state index in [4.69, 9.17) is 0 Å². The standard InChI is InChI=1S/C13H15BrN4O/c14-10-1-2-12-16-11(7-13(19)18(12)8-10)9-17-5-3-15-4-6-17/h1-2,7-8,15H,3-6,9H2. The number of halogens is 1. The molecule has 0 aliphatic carbocycles. The van der Waals surface area contributed by atoms with E-state index in [2.05, 4.69) is 31.1 Å². The van der Waals surface area contributed by atoms with Crippen molar-refractivity contribution >= 4 is 21.6 Å². The fourth-order valence-electron chi connectivity index (χ4n) is 2.31. The third kappa shape index (κ3) is 2.86. The Hall–Kier alpha value is -1.24. The number of rotatable bonds is 2. The van der Waals surface area contributed by atoms with Gasteiger partial charge in [-0.25, -0.2) is 4.98 Å². The highest BCUT2D eigenvalue weighted by Crippen LogP contribution is 2.10. The lowest BCUT2D eigenvalue weighted by atomic mass is 10.3. The number of hydrogen-bond acceptors (Lipinski definition) is 4. The summed E-state index contributed by atoms with van der Waals surface area (Å²) in [5, 5.41) is 3.31. The molecule has 0 amide bonds. The highest BCUT2D eigenvalue weighted by atomic mass is 79.9. The van der Waals surface area contributed by atoms with Crippen molar-refractivity contribution in [2.45, 2.75) is 6.54 Å². The molecular formula is C13H15BrN4O. The van der Waals surface area contributed by atoms with Crippen molar-refractivity contribution in [2.75, 3.05) is 26.2 Å². The third-order valence-electron chi connectivity index (χ3n) is 3.27. The number of nitrogens with one attached hydrogen (secondary N) is 1. The van der Waals surface area contributed by atoms with Crippen LogP contribution in [0.5, 0.6) is 0 Å². The summed E-state index contributed by atoms with van der Waals surface area (Å²) in [6.45, 7) is 4.74. The van der Waals surface area contributed by atoms with E-state index in [9.17, 15) is 4.79 Å². The van der Waals surface area contributed by atoms with Gasteiger partial charge in [0.1, 0.15) is 5.65 Å². The van der Waals surface area contributed by atoms with Crippen LogP contribution in [0.25, 0.3) is 5.65 Å². The van der Waals surface area contributed by atoms with Gasteiger partial charge in [-0.05, 0) is 28.1 Å².